The summed E-state index contributed by atoms with van der Waals surface area (Å²) >= 11 is 0. The summed E-state index contributed by atoms with van der Waals surface area (Å²) in [6.45, 7) is 3.82. The van der Waals surface area contributed by atoms with Gasteiger partial charge in [-0.1, -0.05) is 12.1 Å². The lowest BCUT2D eigenvalue weighted by molar-refractivity contribution is -0.0474. The predicted octanol–water partition coefficient (Wildman–Crippen LogP) is 0.350. The molecule has 0 bridgehead atoms. The van der Waals surface area contributed by atoms with E-state index in [1.165, 1.54) is 13.1 Å². The van der Waals surface area contributed by atoms with Crippen LogP contribution in [0.4, 0.5) is 0 Å². The first-order valence-corrected chi connectivity index (χ1v) is 8.03. The maximum absolute atomic E-state index is 11.9. The SMILES string of the molecule is CNS(=O)(=O)c1ccccc1OCC1CNCC(C)O1. The molecule has 2 rings (SSSR count). The topological polar surface area (TPSA) is 76.7 Å². The molecule has 1 aromatic rings. The quantitative estimate of drug-likeness (QED) is 0.820. The van der Waals surface area contributed by atoms with E-state index < -0.39 is 10.0 Å². The van der Waals surface area contributed by atoms with Gasteiger partial charge in [0, 0.05) is 13.1 Å². The van der Waals surface area contributed by atoms with Crippen LogP contribution in [-0.4, -0.2) is 47.4 Å². The smallest absolute Gasteiger partial charge is 0.243 e. The minimum atomic E-state index is -3.52. The lowest BCUT2D eigenvalue weighted by Gasteiger charge is -2.28. The second kappa shape index (κ2) is 6.53. The third-order valence-electron chi connectivity index (χ3n) is 3.06. The zero-order valence-corrected chi connectivity index (χ0v) is 12.4. The number of nitrogens with one attached hydrogen (secondary N) is 2. The van der Waals surface area contributed by atoms with Gasteiger partial charge in [-0.2, -0.15) is 0 Å². The fraction of sp³-hybridized carbons (Fsp3) is 0.538. The van der Waals surface area contributed by atoms with E-state index in [1.807, 2.05) is 6.92 Å². The van der Waals surface area contributed by atoms with Crippen molar-refractivity contribution >= 4 is 10.0 Å². The highest BCUT2D eigenvalue weighted by atomic mass is 32.2. The van der Waals surface area contributed by atoms with Crippen LogP contribution in [0, 0.1) is 0 Å². The van der Waals surface area contributed by atoms with E-state index in [4.69, 9.17) is 9.47 Å². The highest BCUT2D eigenvalue weighted by molar-refractivity contribution is 7.89. The third-order valence-corrected chi connectivity index (χ3v) is 4.51. The van der Waals surface area contributed by atoms with Gasteiger partial charge in [-0.25, -0.2) is 13.1 Å². The molecule has 20 heavy (non-hydrogen) atoms. The Morgan fingerprint density at radius 2 is 2.15 bits per heavy atom. The van der Waals surface area contributed by atoms with Crippen LogP contribution in [0.15, 0.2) is 29.2 Å². The van der Waals surface area contributed by atoms with Gasteiger partial charge >= 0.3 is 0 Å². The first kappa shape index (κ1) is 15.2. The Labute approximate surface area is 119 Å². The highest BCUT2D eigenvalue weighted by Crippen LogP contribution is 2.23. The van der Waals surface area contributed by atoms with Gasteiger partial charge in [-0.15, -0.1) is 0 Å². The second-order valence-electron chi connectivity index (χ2n) is 4.69. The van der Waals surface area contributed by atoms with E-state index in [0.29, 0.717) is 18.9 Å². The Kier molecular flexibility index (Phi) is 4.98. The Bertz CT molecular complexity index is 547. The van der Waals surface area contributed by atoms with Crippen LogP contribution in [0.3, 0.4) is 0 Å². The summed E-state index contributed by atoms with van der Waals surface area (Å²) in [5, 5.41) is 3.24. The van der Waals surface area contributed by atoms with E-state index in [2.05, 4.69) is 10.0 Å². The molecule has 2 atom stereocenters. The van der Waals surface area contributed by atoms with Crippen molar-refractivity contribution in [3.8, 4) is 5.75 Å². The molecular weight excluding hydrogens is 280 g/mol. The highest BCUT2D eigenvalue weighted by Gasteiger charge is 2.21. The van der Waals surface area contributed by atoms with Crippen molar-refractivity contribution in [2.75, 3.05) is 26.7 Å². The average molecular weight is 300 g/mol. The molecule has 1 saturated heterocycles. The van der Waals surface area contributed by atoms with Crippen molar-refractivity contribution in [3.63, 3.8) is 0 Å². The third kappa shape index (κ3) is 3.69. The largest absolute Gasteiger partial charge is 0.489 e. The summed E-state index contributed by atoms with van der Waals surface area (Å²) in [5.41, 5.74) is 0. The van der Waals surface area contributed by atoms with Crippen LogP contribution in [0.2, 0.25) is 0 Å². The Morgan fingerprint density at radius 3 is 2.85 bits per heavy atom. The first-order valence-electron chi connectivity index (χ1n) is 6.54. The molecule has 0 amide bonds. The number of hydrogen-bond donors (Lipinski definition) is 2. The summed E-state index contributed by atoms with van der Waals surface area (Å²) in [4.78, 5) is 0.138. The zero-order chi connectivity index (χ0) is 14.6. The maximum Gasteiger partial charge on any atom is 0.243 e. The number of ether oxygens (including phenoxy) is 2. The van der Waals surface area contributed by atoms with Crippen LogP contribution >= 0.6 is 0 Å². The average Bonchev–Trinajstić information content (AvgIpc) is 2.45. The summed E-state index contributed by atoms with van der Waals surface area (Å²) in [5.74, 6) is 0.337. The predicted molar refractivity (Wildman–Crippen MR) is 75.4 cm³/mol. The summed E-state index contributed by atoms with van der Waals surface area (Å²) in [6, 6.07) is 6.57. The standard InChI is InChI=1S/C13H20N2O4S/c1-10-7-15-8-11(19-10)9-18-12-5-3-4-6-13(12)20(16,17)14-2/h3-6,10-11,14-15H,7-9H2,1-2H3. The van der Waals surface area contributed by atoms with Crippen molar-refractivity contribution in [2.24, 2.45) is 0 Å². The van der Waals surface area contributed by atoms with E-state index in [9.17, 15) is 8.42 Å². The molecule has 112 valence electrons. The minimum Gasteiger partial charge on any atom is -0.489 e. The van der Waals surface area contributed by atoms with Gasteiger partial charge in [0.1, 0.15) is 23.4 Å². The van der Waals surface area contributed by atoms with E-state index in [-0.39, 0.29) is 17.1 Å². The van der Waals surface area contributed by atoms with Gasteiger partial charge in [0.25, 0.3) is 0 Å². The molecule has 2 N–H and O–H groups in total. The van der Waals surface area contributed by atoms with Gasteiger partial charge in [-0.05, 0) is 26.1 Å². The van der Waals surface area contributed by atoms with Crippen molar-refractivity contribution in [1.82, 2.24) is 10.0 Å². The summed E-state index contributed by atoms with van der Waals surface area (Å²) in [7, 11) is -2.15. The molecule has 1 fully saturated rings. The minimum absolute atomic E-state index is 0.0795. The molecule has 1 aliphatic heterocycles. The van der Waals surface area contributed by atoms with Crippen LogP contribution < -0.4 is 14.8 Å². The molecule has 0 radical (unpaired) electrons. The molecular formula is C13H20N2O4S. The molecule has 7 heteroatoms. The van der Waals surface area contributed by atoms with Crippen molar-refractivity contribution in [3.05, 3.63) is 24.3 Å². The van der Waals surface area contributed by atoms with Gasteiger partial charge in [0.15, 0.2) is 0 Å². The molecule has 0 spiro atoms. The number of hydrogen-bond acceptors (Lipinski definition) is 5. The fourth-order valence-corrected chi connectivity index (χ4v) is 2.92. The number of para-hydroxylation sites is 1. The maximum atomic E-state index is 11.9. The lowest BCUT2D eigenvalue weighted by Crippen LogP contribution is -2.45. The molecule has 1 aliphatic rings. The molecule has 1 heterocycles. The molecule has 0 saturated carbocycles. The normalized spacial score (nSPS) is 23.5. The van der Waals surface area contributed by atoms with Crippen LogP contribution in [-0.2, 0) is 14.8 Å². The molecule has 1 aromatic carbocycles. The Morgan fingerprint density at radius 1 is 1.40 bits per heavy atom. The van der Waals surface area contributed by atoms with Crippen molar-refractivity contribution in [2.45, 2.75) is 24.0 Å². The summed E-state index contributed by atoms with van der Waals surface area (Å²) in [6.07, 6.45) is 0.0535. The van der Waals surface area contributed by atoms with Crippen molar-refractivity contribution in [1.29, 1.82) is 0 Å². The Balaban J connectivity index is 2.06. The molecule has 2 unspecified atom stereocenters. The zero-order valence-electron chi connectivity index (χ0n) is 11.6. The van der Waals surface area contributed by atoms with Crippen LogP contribution in [0.25, 0.3) is 0 Å². The van der Waals surface area contributed by atoms with Crippen LogP contribution in [0.1, 0.15) is 6.92 Å². The van der Waals surface area contributed by atoms with E-state index in [1.54, 1.807) is 18.2 Å². The van der Waals surface area contributed by atoms with Crippen molar-refractivity contribution < 1.29 is 17.9 Å². The number of morpholine rings is 1. The Hall–Kier alpha value is -1.15. The fourth-order valence-electron chi connectivity index (χ4n) is 2.05. The lowest BCUT2D eigenvalue weighted by atomic mass is 10.2. The van der Waals surface area contributed by atoms with Crippen LogP contribution in [0.5, 0.6) is 5.75 Å². The number of sulfonamides is 1. The monoisotopic (exact) mass is 300 g/mol. The number of benzene rings is 1. The van der Waals surface area contributed by atoms with Gasteiger partial charge in [0.05, 0.1) is 6.10 Å². The van der Waals surface area contributed by atoms with Gasteiger partial charge in [-0.3, -0.25) is 0 Å². The summed E-state index contributed by atoms with van der Waals surface area (Å²) < 4.78 is 37.4. The molecule has 0 aliphatic carbocycles. The van der Waals surface area contributed by atoms with E-state index >= 15 is 0 Å². The number of rotatable bonds is 5. The molecule has 0 aromatic heterocycles. The first-order chi connectivity index (χ1) is 9.53. The van der Waals surface area contributed by atoms with Gasteiger partial charge in [0.2, 0.25) is 10.0 Å². The second-order valence-corrected chi connectivity index (χ2v) is 6.55. The van der Waals surface area contributed by atoms with E-state index in [0.717, 1.165) is 6.54 Å². The van der Waals surface area contributed by atoms with Gasteiger partial charge < -0.3 is 14.8 Å². The molecule has 6 nitrogen and oxygen atoms in total.